The van der Waals surface area contributed by atoms with Gasteiger partial charge in [0.15, 0.2) is 6.10 Å². The highest BCUT2D eigenvalue weighted by atomic mass is 16.6. The fourth-order valence-electron chi connectivity index (χ4n) is 3.82. The molecule has 8 nitrogen and oxygen atoms in total. The third-order valence-corrected chi connectivity index (χ3v) is 5.48. The summed E-state index contributed by atoms with van der Waals surface area (Å²) in [4.78, 5) is 38.8. The van der Waals surface area contributed by atoms with E-state index < -0.39 is 35.8 Å². The lowest BCUT2D eigenvalue weighted by Gasteiger charge is -2.32. The zero-order valence-electron chi connectivity index (χ0n) is 17.6. The van der Waals surface area contributed by atoms with Crippen LogP contribution in [-0.4, -0.2) is 58.2 Å². The number of likely N-dealkylation sites (tertiary alicyclic amines) is 1. The fourth-order valence-corrected chi connectivity index (χ4v) is 3.82. The number of carbonyl (C=O) groups excluding carboxylic acids is 3. The number of primary amides is 1. The van der Waals surface area contributed by atoms with E-state index in [1.165, 1.54) is 4.90 Å². The Hall–Kier alpha value is -1.83. The van der Waals surface area contributed by atoms with Gasteiger partial charge in [0.25, 0.3) is 0 Å². The second-order valence-electron chi connectivity index (χ2n) is 9.46. The van der Waals surface area contributed by atoms with Crippen LogP contribution < -0.4 is 11.1 Å². The Kier molecular flexibility index (Phi) is 6.96. The van der Waals surface area contributed by atoms with Crippen molar-refractivity contribution in [3.63, 3.8) is 0 Å². The molecule has 1 aliphatic carbocycles. The molecule has 4 atom stereocenters. The molecule has 0 bridgehead atoms. The molecule has 2 rings (SSSR count). The lowest BCUT2D eigenvalue weighted by molar-refractivity contribution is -0.132. The van der Waals surface area contributed by atoms with E-state index in [0.717, 1.165) is 12.8 Å². The number of rotatable bonds is 7. The molecular formula is C20H35N3O5. The topological polar surface area (TPSA) is 122 Å². The van der Waals surface area contributed by atoms with E-state index in [2.05, 4.69) is 5.32 Å². The summed E-state index contributed by atoms with van der Waals surface area (Å²) in [6, 6.07) is -1.44. The number of carbonyl (C=O) groups is 3. The van der Waals surface area contributed by atoms with Crippen LogP contribution >= 0.6 is 0 Å². The standard InChI is InChI=1S/C20H35N3O5/c1-11(2)13-8-9-23(19(27)28-20(3,4)5)15(13)18(26)22-14(10-12-6-7-12)16(24)17(21)25/h11-16,24H,6-10H2,1-5H3,(H2,21,25)(H,22,26)/t13?,14?,15-,16?/m0/s1. The highest BCUT2D eigenvalue weighted by Gasteiger charge is 2.45. The number of aliphatic hydroxyl groups excluding tert-OH is 1. The predicted molar refractivity (Wildman–Crippen MR) is 104 cm³/mol. The van der Waals surface area contributed by atoms with Crippen molar-refractivity contribution in [3.05, 3.63) is 0 Å². The number of nitrogens with zero attached hydrogens (tertiary/aromatic N) is 1. The molecule has 1 heterocycles. The molecule has 160 valence electrons. The highest BCUT2D eigenvalue weighted by Crippen LogP contribution is 2.35. The molecular weight excluding hydrogens is 362 g/mol. The van der Waals surface area contributed by atoms with Crippen LogP contribution in [0.4, 0.5) is 4.79 Å². The van der Waals surface area contributed by atoms with Gasteiger partial charge in [0, 0.05) is 6.54 Å². The maximum Gasteiger partial charge on any atom is 0.410 e. The minimum Gasteiger partial charge on any atom is -0.444 e. The number of nitrogens with two attached hydrogens (primary N) is 1. The summed E-state index contributed by atoms with van der Waals surface area (Å²) in [5.74, 6) is -0.688. The number of hydrogen-bond acceptors (Lipinski definition) is 5. The summed E-state index contributed by atoms with van der Waals surface area (Å²) in [5.41, 5.74) is 4.60. The number of ether oxygens (including phenoxy) is 1. The average Bonchev–Trinajstić information content (AvgIpc) is 3.24. The molecule has 2 fully saturated rings. The Balaban J connectivity index is 2.17. The maximum absolute atomic E-state index is 13.2. The lowest BCUT2D eigenvalue weighted by atomic mass is 9.88. The monoisotopic (exact) mass is 397 g/mol. The quantitative estimate of drug-likeness (QED) is 0.599. The minimum atomic E-state index is -1.45. The summed E-state index contributed by atoms with van der Waals surface area (Å²) >= 11 is 0. The number of hydrogen-bond donors (Lipinski definition) is 3. The molecule has 2 aliphatic rings. The van der Waals surface area contributed by atoms with Gasteiger partial charge in [-0.05, 0) is 51.4 Å². The summed E-state index contributed by atoms with van der Waals surface area (Å²) in [6.07, 6.45) is 1.26. The number of amides is 3. The Morgan fingerprint density at radius 1 is 1.21 bits per heavy atom. The van der Waals surface area contributed by atoms with Gasteiger partial charge in [0.1, 0.15) is 11.6 Å². The van der Waals surface area contributed by atoms with Crippen molar-refractivity contribution in [3.8, 4) is 0 Å². The zero-order chi connectivity index (χ0) is 21.2. The van der Waals surface area contributed by atoms with Gasteiger partial charge < -0.3 is 20.9 Å². The van der Waals surface area contributed by atoms with Crippen molar-refractivity contribution in [1.82, 2.24) is 10.2 Å². The average molecular weight is 398 g/mol. The molecule has 3 unspecified atom stereocenters. The largest absolute Gasteiger partial charge is 0.444 e. The third-order valence-electron chi connectivity index (χ3n) is 5.48. The molecule has 3 amide bonds. The van der Waals surface area contributed by atoms with Crippen LogP contribution in [0.15, 0.2) is 0 Å². The van der Waals surface area contributed by atoms with E-state index in [-0.39, 0.29) is 17.7 Å². The first-order valence-corrected chi connectivity index (χ1v) is 10.2. The summed E-state index contributed by atoms with van der Waals surface area (Å²) in [7, 11) is 0. The first kappa shape index (κ1) is 22.5. The van der Waals surface area contributed by atoms with Crippen molar-refractivity contribution >= 4 is 17.9 Å². The summed E-state index contributed by atoms with van der Waals surface area (Å²) in [5, 5.41) is 13.0. The van der Waals surface area contributed by atoms with Crippen molar-refractivity contribution in [2.75, 3.05) is 6.54 Å². The van der Waals surface area contributed by atoms with Gasteiger partial charge in [-0.3, -0.25) is 14.5 Å². The van der Waals surface area contributed by atoms with Gasteiger partial charge in [-0.15, -0.1) is 0 Å². The second-order valence-corrected chi connectivity index (χ2v) is 9.46. The molecule has 4 N–H and O–H groups in total. The Bertz CT molecular complexity index is 597. The van der Waals surface area contributed by atoms with E-state index in [1.54, 1.807) is 20.8 Å². The van der Waals surface area contributed by atoms with Gasteiger partial charge in [-0.2, -0.15) is 0 Å². The van der Waals surface area contributed by atoms with Gasteiger partial charge >= 0.3 is 6.09 Å². The van der Waals surface area contributed by atoms with Crippen LogP contribution in [0.5, 0.6) is 0 Å². The smallest absolute Gasteiger partial charge is 0.410 e. The molecule has 1 saturated heterocycles. The van der Waals surface area contributed by atoms with Gasteiger partial charge in [-0.1, -0.05) is 26.7 Å². The van der Waals surface area contributed by atoms with E-state index in [0.29, 0.717) is 25.3 Å². The van der Waals surface area contributed by atoms with Crippen LogP contribution in [0.3, 0.4) is 0 Å². The first-order valence-electron chi connectivity index (χ1n) is 10.2. The van der Waals surface area contributed by atoms with Gasteiger partial charge in [-0.25, -0.2) is 4.79 Å². The molecule has 28 heavy (non-hydrogen) atoms. The molecule has 0 spiro atoms. The zero-order valence-corrected chi connectivity index (χ0v) is 17.6. The normalized spacial score (nSPS) is 24.8. The SMILES string of the molecule is CC(C)C1CCN(C(=O)OC(C)(C)C)[C@@H]1C(=O)NC(CC1CC1)C(O)C(N)=O. The van der Waals surface area contributed by atoms with Crippen LogP contribution in [0.2, 0.25) is 0 Å². The first-order chi connectivity index (χ1) is 12.9. The van der Waals surface area contributed by atoms with E-state index in [9.17, 15) is 19.5 Å². The molecule has 0 aromatic heterocycles. The molecule has 8 heteroatoms. The van der Waals surface area contributed by atoms with Crippen LogP contribution in [0.1, 0.15) is 60.3 Å². The van der Waals surface area contributed by atoms with Crippen molar-refractivity contribution in [2.45, 2.75) is 84.1 Å². The molecule has 1 aliphatic heterocycles. The number of aliphatic hydroxyl groups is 1. The molecule has 0 aromatic rings. The van der Waals surface area contributed by atoms with Gasteiger partial charge in [0.05, 0.1) is 6.04 Å². The summed E-state index contributed by atoms with van der Waals surface area (Å²) < 4.78 is 5.48. The Labute approximate surface area is 167 Å². The maximum atomic E-state index is 13.2. The third kappa shape index (κ3) is 5.83. The molecule has 0 radical (unpaired) electrons. The molecule has 1 saturated carbocycles. The Morgan fingerprint density at radius 3 is 2.29 bits per heavy atom. The van der Waals surface area contributed by atoms with Gasteiger partial charge in [0.2, 0.25) is 11.8 Å². The highest BCUT2D eigenvalue weighted by molar-refractivity contribution is 5.88. The van der Waals surface area contributed by atoms with Crippen LogP contribution in [0, 0.1) is 17.8 Å². The van der Waals surface area contributed by atoms with E-state index in [1.807, 2.05) is 13.8 Å². The lowest BCUT2D eigenvalue weighted by Crippen LogP contribution is -2.56. The minimum absolute atomic E-state index is 0.0279. The fraction of sp³-hybridized carbons (Fsp3) is 0.850. The van der Waals surface area contributed by atoms with Crippen LogP contribution in [0.25, 0.3) is 0 Å². The predicted octanol–water partition coefficient (Wildman–Crippen LogP) is 1.40. The Morgan fingerprint density at radius 2 is 1.82 bits per heavy atom. The van der Waals surface area contributed by atoms with Crippen molar-refractivity contribution in [1.29, 1.82) is 0 Å². The van der Waals surface area contributed by atoms with Crippen LogP contribution in [-0.2, 0) is 14.3 Å². The molecule has 0 aromatic carbocycles. The van der Waals surface area contributed by atoms with Crippen molar-refractivity contribution in [2.24, 2.45) is 23.5 Å². The van der Waals surface area contributed by atoms with Crippen molar-refractivity contribution < 1.29 is 24.2 Å². The number of nitrogens with one attached hydrogen (secondary N) is 1. The van der Waals surface area contributed by atoms with E-state index >= 15 is 0 Å². The van der Waals surface area contributed by atoms with E-state index in [4.69, 9.17) is 10.5 Å². The summed E-state index contributed by atoms with van der Waals surface area (Å²) in [6.45, 7) is 9.81. The second kappa shape index (κ2) is 8.68.